The fraction of sp³-hybridized carbons (Fsp3) is 0.588. The third-order valence-electron chi connectivity index (χ3n) is 4.28. The van der Waals surface area contributed by atoms with Crippen LogP contribution in [0, 0.1) is 5.82 Å². The molecule has 22 heavy (non-hydrogen) atoms. The SMILES string of the molecule is CCC(CC)NC(=O)CN1CCN(c2ccccc2F)CC1. The van der Waals surface area contributed by atoms with Gasteiger partial charge in [-0.2, -0.15) is 0 Å². The fourth-order valence-electron chi connectivity index (χ4n) is 2.82. The number of nitrogens with zero attached hydrogens (tertiary/aromatic N) is 2. The molecular formula is C17H26FN3O. The van der Waals surface area contributed by atoms with Crippen LogP contribution < -0.4 is 10.2 Å². The van der Waals surface area contributed by atoms with Crippen LogP contribution in [0.2, 0.25) is 0 Å². The summed E-state index contributed by atoms with van der Waals surface area (Å²) in [5.41, 5.74) is 0.656. The molecule has 1 amide bonds. The number of rotatable bonds is 6. The van der Waals surface area contributed by atoms with Gasteiger partial charge in [-0.05, 0) is 25.0 Å². The van der Waals surface area contributed by atoms with E-state index in [1.165, 1.54) is 6.07 Å². The van der Waals surface area contributed by atoms with Crippen molar-refractivity contribution in [2.45, 2.75) is 32.7 Å². The maximum Gasteiger partial charge on any atom is 0.234 e. The zero-order chi connectivity index (χ0) is 15.9. The van der Waals surface area contributed by atoms with Crippen LogP contribution in [0.5, 0.6) is 0 Å². The standard InChI is InChI=1S/C17H26FN3O/c1-3-14(4-2)19-17(22)13-20-9-11-21(12-10-20)16-8-6-5-7-15(16)18/h5-8,14H,3-4,9-13H2,1-2H3,(H,19,22). The van der Waals surface area contributed by atoms with Gasteiger partial charge in [0.25, 0.3) is 0 Å². The van der Waals surface area contributed by atoms with Gasteiger partial charge in [0.1, 0.15) is 5.82 Å². The second kappa shape index (κ2) is 8.13. The molecule has 1 heterocycles. The molecule has 122 valence electrons. The largest absolute Gasteiger partial charge is 0.367 e. The van der Waals surface area contributed by atoms with E-state index >= 15 is 0 Å². The molecule has 0 radical (unpaired) electrons. The Hall–Kier alpha value is -1.62. The minimum Gasteiger partial charge on any atom is -0.367 e. The van der Waals surface area contributed by atoms with Gasteiger partial charge in [-0.25, -0.2) is 4.39 Å². The summed E-state index contributed by atoms with van der Waals surface area (Å²) >= 11 is 0. The predicted octanol–water partition coefficient (Wildman–Crippen LogP) is 2.25. The molecule has 1 aromatic rings. The van der Waals surface area contributed by atoms with Crippen LogP contribution in [0.25, 0.3) is 0 Å². The molecule has 1 aromatic carbocycles. The quantitative estimate of drug-likeness (QED) is 0.875. The summed E-state index contributed by atoms with van der Waals surface area (Å²) in [6.07, 6.45) is 1.92. The third-order valence-corrected chi connectivity index (χ3v) is 4.28. The number of carbonyl (C=O) groups is 1. The molecule has 0 atom stereocenters. The number of para-hydroxylation sites is 1. The summed E-state index contributed by atoms with van der Waals surface area (Å²) in [6.45, 7) is 7.67. The van der Waals surface area contributed by atoms with E-state index in [2.05, 4.69) is 24.1 Å². The minimum atomic E-state index is -0.178. The van der Waals surface area contributed by atoms with Crippen LogP contribution >= 0.6 is 0 Å². The Labute approximate surface area is 132 Å². The first-order valence-electron chi connectivity index (χ1n) is 8.15. The van der Waals surface area contributed by atoms with Crippen molar-refractivity contribution in [3.63, 3.8) is 0 Å². The lowest BCUT2D eigenvalue weighted by Crippen LogP contribution is -2.50. The molecule has 1 aliphatic heterocycles. The van der Waals surface area contributed by atoms with E-state index < -0.39 is 0 Å². The molecular weight excluding hydrogens is 281 g/mol. The smallest absolute Gasteiger partial charge is 0.234 e. The summed E-state index contributed by atoms with van der Waals surface area (Å²) in [5.74, 6) is -0.0875. The van der Waals surface area contributed by atoms with Crippen molar-refractivity contribution in [2.24, 2.45) is 0 Å². The molecule has 1 saturated heterocycles. The highest BCUT2D eigenvalue weighted by molar-refractivity contribution is 5.78. The zero-order valence-electron chi connectivity index (χ0n) is 13.5. The molecule has 0 unspecified atom stereocenters. The van der Waals surface area contributed by atoms with Crippen LogP contribution in [-0.4, -0.2) is 49.6 Å². The second-order valence-electron chi connectivity index (χ2n) is 5.80. The Bertz CT molecular complexity index is 483. The Morgan fingerprint density at radius 2 is 1.82 bits per heavy atom. The lowest BCUT2D eigenvalue weighted by molar-refractivity contribution is -0.123. The lowest BCUT2D eigenvalue weighted by Gasteiger charge is -2.36. The third kappa shape index (κ3) is 4.44. The van der Waals surface area contributed by atoms with Gasteiger partial charge in [0.05, 0.1) is 12.2 Å². The van der Waals surface area contributed by atoms with E-state index in [0.717, 1.165) is 39.0 Å². The van der Waals surface area contributed by atoms with E-state index in [-0.39, 0.29) is 17.8 Å². The van der Waals surface area contributed by atoms with Gasteiger partial charge in [0.2, 0.25) is 5.91 Å². The number of nitrogens with one attached hydrogen (secondary N) is 1. The number of amides is 1. The average molecular weight is 307 g/mol. The van der Waals surface area contributed by atoms with Gasteiger partial charge in [0, 0.05) is 32.2 Å². The van der Waals surface area contributed by atoms with Crippen molar-refractivity contribution < 1.29 is 9.18 Å². The van der Waals surface area contributed by atoms with Gasteiger partial charge < -0.3 is 10.2 Å². The predicted molar refractivity (Wildman–Crippen MR) is 87.6 cm³/mol. The Balaban J connectivity index is 1.80. The normalized spacial score (nSPS) is 16.1. The number of benzene rings is 1. The van der Waals surface area contributed by atoms with Gasteiger partial charge >= 0.3 is 0 Å². The maximum atomic E-state index is 13.8. The number of hydrogen-bond donors (Lipinski definition) is 1. The highest BCUT2D eigenvalue weighted by atomic mass is 19.1. The molecule has 2 rings (SSSR count). The van der Waals surface area contributed by atoms with E-state index in [4.69, 9.17) is 0 Å². The summed E-state index contributed by atoms with van der Waals surface area (Å²) < 4.78 is 13.8. The first kappa shape index (κ1) is 16.7. The van der Waals surface area contributed by atoms with Gasteiger partial charge in [-0.3, -0.25) is 9.69 Å². The summed E-state index contributed by atoms with van der Waals surface area (Å²) in [6, 6.07) is 7.13. The highest BCUT2D eigenvalue weighted by Crippen LogP contribution is 2.19. The lowest BCUT2D eigenvalue weighted by atomic mass is 10.2. The molecule has 1 aliphatic rings. The van der Waals surface area contributed by atoms with E-state index in [0.29, 0.717) is 12.2 Å². The second-order valence-corrected chi connectivity index (χ2v) is 5.80. The molecule has 0 saturated carbocycles. The number of piperazine rings is 1. The molecule has 0 aromatic heterocycles. The van der Waals surface area contributed by atoms with Crippen LogP contribution in [0.4, 0.5) is 10.1 Å². The fourth-order valence-corrected chi connectivity index (χ4v) is 2.82. The Morgan fingerprint density at radius 1 is 1.18 bits per heavy atom. The number of halogens is 1. The van der Waals surface area contributed by atoms with E-state index in [1.807, 2.05) is 17.0 Å². The molecule has 0 bridgehead atoms. The van der Waals surface area contributed by atoms with E-state index in [1.54, 1.807) is 6.07 Å². The topological polar surface area (TPSA) is 35.6 Å². The summed E-state index contributed by atoms with van der Waals surface area (Å²) in [5, 5.41) is 3.06. The van der Waals surface area contributed by atoms with Crippen LogP contribution in [-0.2, 0) is 4.79 Å². The van der Waals surface area contributed by atoms with Crippen LogP contribution in [0.3, 0.4) is 0 Å². The van der Waals surface area contributed by atoms with Crippen LogP contribution in [0.15, 0.2) is 24.3 Å². The molecule has 4 nitrogen and oxygen atoms in total. The number of anilines is 1. The summed E-state index contributed by atoms with van der Waals surface area (Å²) in [4.78, 5) is 16.2. The first-order valence-corrected chi connectivity index (χ1v) is 8.15. The highest BCUT2D eigenvalue weighted by Gasteiger charge is 2.21. The van der Waals surface area contributed by atoms with Gasteiger partial charge in [0.15, 0.2) is 0 Å². The summed E-state index contributed by atoms with van der Waals surface area (Å²) in [7, 11) is 0. The molecule has 5 heteroatoms. The number of hydrogen-bond acceptors (Lipinski definition) is 3. The van der Waals surface area contributed by atoms with Gasteiger partial charge in [-0.15, -0.1) is 0 Å². The number of carbonyl (C=O) groups excluding carboxylic acids is 1. The van der Waals surface area contributed by atoms with Crippen LogP contribution in [0.1, 0.15) is 26.7 Å². The average Bonchev–Trinajstić information content (AvgIpc) is 2.54. The van der Waals surface area contributed by atoms with Crippen molar-refractivity contribution in [1.82, 2.24) is 10.2 Å². The monoisotopic (exact) mass is 307 g/mol. The molecule has 0 aliphatic carbocycles. The van der Waals surface area contributed by atoms with Crippen molar-refractivity contribution in [2.75, 3.05) is 37.6 Å². The molecule has 0 spiro atoms. The minimum absolute atomic E-state index is 0.0908. The van der Waals surface area contributed by atoms with Gasteiger partial charge in [-0.1, -0.05) is 26.0 Å². The van der Waals surface area contributed by atoms with Crippen molar-refractivity contribution in [1.29, 1.82) is 0 Å². The zero-order valence-corrected chi connectivity index (χ0v) is 13.5. The van der Waals surface area contributed by atoms with E-state index in [9.17, 15) is 9.18 Å². The molecule has 1 N–H and O–H groups in total. The van der Waals surface area contributed by atoms with Crippen molar-refractivity contribution in [3.8, 4) is 0 Å². The first-order chi connectivity index (χ1) is 10.6. The molecule has 1 fully saturated rings. The maximum absolute atomic E-state index is 13.8. The van der Waals surface area contributed by atoms with Crippen molar-refractivity contribution >= 4 is 11.6 Å². The van der Waals surface area contributed by atoms with Crippen molar-refractivity contribution in [3.05, 3.63) is 30.1 Å². The Morgan fingerprint density at radius 3 is 2.41 bits per heavy atom. The Kier molecular flexibility index (Phi) is 6.19.